The summed E-state index contributed by atoms with van der Waals surface area (Å²) in [5.74, 6) is 0.0326. The fraction of sp³-hybridized carbons (Fsp3) is 0.524. The summed E-state index contributed by atoms with van der Waals surface area (Å²) in [7, 11) is 1.64. The molecule has 2 heterocycles. The molecule has 1 aliphatic rings. The molecule has 0 saturated carbocycles. The van der Waals surface area contributed by atoms with E-state index in [2.05, 4.69) is 20.1 Å². The quantitative estimate of drug-likeness (QED) is 0.588. The first-order valence-electron chi connectivity index (χ1n) is 10.2. The molecule has 0 spiro atoms. The second-order valence-electron chi connectivity index (χ2n) is 7.47. The van der Waals surface area contributed by atoms with E-state index in [4.69, 9.17) is 4.74 Å². The highest BCUT2D eigenvalue weighted by molar-refractivity contribution is 7.13. The van der Waals surface area contributed by atoms with Crippen LogP contribution in [0.3, 0.4) is 0 Å². The fourth-order valence-electron chi connectivity index (χ4n) is 3.35. The molecule has 170 valence electrons. The topological polar surface area (TPSA) is 57.7 Å². The zero-order valence-electron chi connectivity index (χ0n) is 17.5. The number of hydrogen-bond acceptors (Lipinski definition) is 6. The Kier molecular flexibility index (Phi) is 8.42. The lowest BCUT2D eigenvalue weighted by Gasteiger charge is -2.33. The van der Waals surface area contributed by atoms with Gasteiger partial charge >= 0.3 is 6.18 Å². The van der Waals surface area contributed by atoms with E-state index in [0.717, 1.165) is 50.4 Å². The summed E-state index contributed by atoms with van der Waals surface area (Å²) in [4.78, 5) is 21.0. The van der Waals surface area contributed by atoms with Gasteiger partial charge in [-0.2, -0.15) is 13.2 Å². The largest absolute Gasteiger partial charge is 0.416 e. The highest BCUT2D eigenvalue weighted by Crippen LogP contribution is 2.31. The standard InChI is InChI=1S/C21H27F3N4O2S/c1-30-12-2-7-25-19(29)14-28-10-8-27(9-11-28)13-18-15-31-20(26-18)16-3-5-17(6-4-16)21(22,23)24/h3-6,15H,2,7-14H2,1H3,(H,25,29). The molecule has 0 aliphatic carbocycles. The van der Waals surface area contributed by atoms with Gasteiger partial charge in [0.25, 0.3) is 0 Å². The van der Waals surface area contributed by atoms with Crippen molar-refractivity contribution in [1.82, 2.24) is 20.1 Å². The molecular weight excluding hydrogens is 429 g/mol. The molecule has 10 heteroatoms. The van der Waals surface area contributed by atoms with Crippen molar-refractivity contribution >= 4 is 17.2 Å². The van der Waals surface area contributed by atoms with Gasteiger partial charge in [-0.15, -0.1) is 11.3 Å². The zero-order valence-corrected chi connectivity index (χ0v) is 18.3. The van der Waals surface area contributed by atoms with Crippen molar-refractivity contribution in [3.05, 3.63) is 40.9 Å². The number of methoxy groups -OCH3 is 1. The number of aromatic nitrogens is 1. The van der Waals surface area contributed by atoms with Crippen LogP contribution in [0.1, 0.15) is 17.7 Å². The summed E-state index contributed by atoms with van der Waals surface area (Å²) in [6, 6.07) is 5.10. The van der Waals surface area contributed by atoms with Crippen LogP contribution in [0, 0.1) is 0 Å². The minimum absolute atomic E-state index is 0.0326. The van der Waals surface area contributed by atoms with Gasteiger partial charge in [0.1, 0.15) is 5.01 Å². The lowest BCUT2D eigenvalue weighted by atomic mass is 10.1. The van der Waals surface area contributed by atoms with Crippen LogP contribution in [0.25, 0.3) is 10.6 Å². The molecule has 0 radical (unpaired) electrons. The van der Waals surface area contributed by atoms with Gasteiger partial charge in [0.2, 0.25) is 5.91 Å². The van der Waals surface area contributed by atoms with E-state index >= 15 is 0 Å². The molecule has 2 aromatic rings. The van der Waals surface area contributed by atoms with Crippen LogP contribution in [-0.4, -0.2) is 73.7 Å². The number of rotatable bonds is 9. The first-order valence-corrected chi connectivity index (χ1v) is 11.1. The number of carbonyl (C=O) groups excluding carboxylic acids is 1. The average molecular weight is 457 g/mol. The van der Waals surface area contributed by atoms with Gasteiger partial charge < -0.3 is 10.1 Å². The maximum absolute atomic E-state index is 12.7. The van der Waals surface area contributed by atoms with Gasteiger partial charge in [-0.05, 0) is 18.6 Å². The number of alkyl halides is 3. The van der Waals surface area contributed by atoms with E-state index in [1.165, 1.54) is 23.5 Å². The van der Waals surface area contributed by atoms with E-state index in [9.17, 15) is 18.0 Å². The summed E-state index contributed by atoms with van der Waals surface area (Å²) >= 11 is 1.43. The van der Waals surface area contributed by atoms with Gasteiger partial charge in [-0.25, -0.2) is 4.98 Å². The predicted molar refractivity (Wildman–Crippen MR) is 114 cm³/mol. The summed E-state index contributed by atoms with van der Waals surface area (Å²) in [6.07, 6.45) is -3.53. The van der Waals surface area contributed by atoms with Crippen molar-refractivity contribution in [2.75, 3.05) is 53.0 Å². The third kappa shape index (κ3) is 7.27. The number of nitrogens with zero attached hydrogens (tertiary/aromatic N) is 3. The van der Waals surface area contributed by atoms with Gasteiger partial charge in [0, 0.05) is 63.9 Å². The minimum atomic E-state index is -4.33. The second-order valence-corrected chi connectivity index (χ2v) is 8.33. The number of thiazole rings is 1. The Morgan fingerprint density at radius 3 is 2.48 bits per heavy atom. The van der Waals surface area contributed by atoms with E-state index in [1.54, 1.807) is 7.11 Å². The zero-order chi connectivity index (χ0) is 22.3. The number of piperazine rings is 1. The molecule has 0 unspecified atom stereocenters. The van der Waals surface area contributed by atoms with Crippen LogP contribution in [0.15, 0.2) is 29.6 Å². The van der Waals surface area contributed by atoms with E-state index in [0.29, 0.717) is 36.8 Å². The molecule has 3 rings (SSSR count). The van der Waals surface area contributed by atoms with E-state index in [-0.39, 0.29) is 5.91 Å². The highest BCUT2D eigenvalue weighted by Gasteiger charge is 2.30. The van der Waals surface area contributed by atoms with E-state index in [1.807, 2.05) is 5.38 Å². The third-order valence-electron chi connectivity index (χ3n) is 5.08. The Morgan fingerprint density at radius 1 is 1.16 bits per heavy atom. The number of benzene rings is 1. The minimum Gasteiger partial charge on any atom is -0.385 e. The van der Waals surface area contributed by atoms with Crippen molar-refractivity contribution < 1.29 is 22.7 Å². The first kappa shape index (κ1) is 23.6. The number of halogens is 3. The van der Waals surface area contributed by atoms with Crippen molar-refractivity contribution in [2.45, 2.75) is 19.1 Å². The number of ether oxygens (including phenoxy) is 1. The number of carbonyl (C=O) groups is 1. The fourth-order valence-corrected chi connectivity index (χ4v) is 4.17. The SMILES string of the molecule is COCCCNC(=O)CN1CCN(Cc2csc(-c3ccc(C(F)(F)F)cc3)n2)CC1. The number of nitrogens with one attached hydrogen (secondary N) is 1. The number of hydrogen-bond donors (Lipinski definition) is 1. The van der Waals surface area contributed by atoms with Gasteiger partial charge in [-0.3, -0.25) is 14.6 Å². The maximum atomic E-state index is 12.7. The molecule has 1 aromatic carbocycles. The van der Waals surface area contributed by atoms with Crippen LogP contribution >= 0.6 is 11.3 Å². The molecule has 0 bridgehead atoms. The third-order valence-corrected chi connectivity index (χ3v) is 6.02. The molecule has 1 fully saturated rings. The van der Waals surface area contributed by atoms with Crippen molar-refractivity contribution in [3.63, 3.8) is 0 Å². The molecule has 0 atom stereocenters. The molecule has 1 aliphatic heterocycles. The first-order chi connectivity index (χ1) is 14.8. The summed E-state index contributed by atoms with van der Waals surface area (Å²) in [5, 5.41) is 5.57. The van der Waals surface area contributed by atoms with Gasteiger partial charge in [-0.1, -0.05) is 12.1 Å². The lowest BCUT2D eigenvalue weighted by Crippen LogP contribution is -2.49. The molecule has 1 N–H and O–H groups in total. The summed E-state index contributed by atoms with van der Waals surface area (Å²) in [5.41, 5.74) is 0.935. The monoisotopic (exact) mass is 456 g/mol. The Balaban J connectivity index is 1.43. The Bertz CT molecular complexity index is 834. The molecule has 31 heavy (non-hydrogen) atoms. The van der Waals surface area contributed by atoms with Crippen LogP contribution in [0.4, 0.5) is 13.2 Å². The lowest BCUT2D eigenvalue weighted by molar-refractivity contribution is -0.137. The molecule has 1 amide bonds. The normalized spacial score (nSPS) is 15.9. The smallest absolute Gasteiger partial charge is 0.385 e. The summed E-state index contributed by atoms with van der Waals surface area (Å²) < 4.78 is 43.1. The highest BCUT2D eigenvalue weighted by atomic mass is 32.1. The summed E-state index contributed by atoms with van der Waals surface area (Å²) in [6.45, 7) is 5.63. The Morgan fingerprint density at radius 2 is 1.84 bits per heavy atom. The average Bonchev–Trinajstić information content (AvgIpc) is 3.21. The molecule has 6 nitrogen and oxygen atoms in total. The van der Waals surface area contributed by atoms with Crippen LogP contribution in [-0.2, 0) is 22.3 Å². The Hall–Kier alpha value is -2.01. The van der Waals surface area contributed by atoms with Crippen molar-refractivity contribution in [3.8, 4) is 10.6 Å². The van der Waals surface area contributed by atoms with Crippen molar-refractivity contribution in [2.24, 2.45) is 0 Å². The van der Waals surface area contributed by atoms with E-state index < -0.39 is 11.7 Å². The molecular formula is C21H27F3N4O2S. The van der Waals surface area contributed by atoms with Crippen molar-refractivity contribution in [1.29, 1.82) is 0 Å². The van der Waals surface area contributed by atoms with Gasteiger partial charge in [0.15, 0.2) is 0 Å². The molecule has 1 saturated heterocycles. The predicted octanol–water partition coefficient (Wildman–Crippen LogP) is 3.10. The molecule has 1 aromatic heterocycles. The second kappa shape index (κ2) is 11.0. The van der Waals surface area contributed by atoms with Crippen LogP contribution in [0.2, 0.25) is 0 Å². The maximum Gasteiger partial charge on any atom is 0.416 e. The number of amides is 1. The Labute approximate surface area is 184 Å². The van der Waals surface area contributed by atoms with Crippen LogP contribution < -0.4 is 5.32 Å². The van der Waals surface area contributed by atoms with Crippen LogP contribution in [0.5, 0.6) is 0 Å². The van der Waals surface area contributed by atoms with Gasteiger partial charge in [0.05, 0.1) is 17.8 Å².